The Bertz CT molecular complexity index is 519. The summed E-state index contributed by atoms with van der Waals surface area (Å²) in [5, 5.41) is 2.88. The molecule has 0 saturated carbocycles. The van der Waals surface area contributed by atoms with Crippen molar-refractivity contribution in [2.45, 2.75) is 52.0 Å². The fraction of sp³-hybridized carbons (Fsp3) is 0.579. The molecule has 1 unspecified atom stereocenters. The van der Waals surface area contributed by atoms with E-state index >= 15 is 0 Å². The van der Waals surface area contributed by atoms with Crippen molar-refractivity contribution >= 4 is 11.8 Å². The van der Waals surface area contributed by atoms with E-state index in [0.717, 1.165) is 25.9 Å². The highest BCUT2D eigenvalue weighted by Gasteiger charge is 2.31. The molecule has 0 radical (unpaired) electrons. The average Bonchev–Trinajstić information content (AvgIpc) is 2.59. The van der Waals surface area contributed by atoms with Crippen LogP contribution in [0.1, 0.15) is 51.5 Å². The molecule has 1 N–H and O–H groups in total. The molecule has 1 aromatic rings. The minimum Gasteiger partial charge on any atom is -0.344 e. The lowest BCUT2D eigenvalue weighted by Crippen LogP contribution is -2.52. The topological polar surface area (TPSA) is 49.4 Å². The number of piperidine rings is 1. The number of benzene rings is 1. The molecule has 126 valence electrons. The Balaban J connectivity index is 1.95. The molecule has 4 nitrogen and oxygen atoms in total. The molecule has 1 fully saturated rings. The second kappa shape index (κ2) is 8.14. The van der Waals surface area contributed by atoms with Gasteiger partial charge in [-0.05, 0) is 30.2 Å². The number of amides is 2. The van der Waals surface area contributed by atoms with E-state index in [-0.39, 0.29) is 17.7 Å². The molecule has 4 heteroatoms. The molecule has 1 aromatic carbocycles. The summed E-state index contributed by atoms with van der Waals surface area (Å²) in [5.74, 6) is 0.636. The lowest BCUT2D eigenvalue weighted by Gasteiger charge is -2.35. The van der Waals surface area contributed by atoms with Gasteiger partial charge in [0.25, 0.3) is 0 Å². The molecule has 1 aliphatic heterocycles. The predicted molar refractivity (Wildman–Crippen MR) is 92.1 cm³/mol. The third-order valence-electron chi connectivity index (χ3n) is 4.65. The molecule has 0 aliphatic carbocycles. The lowest BCUT2D eigenvalue weighted by molar-refractivity contribution is -0.138. The summed E-state index contributed by atoms with van der Waals surface area (Å²) in [6, 6.07) is 10.1. The zero-order valence-corrected chi connectivity index (χ0v) is 14.4. The second-order valence-electron chi connectivity index (χ2n) is 6.65. The van der Waals surface area contributed by atoms with Gasteiger partial charge in [0.05, 0.1) is 0 Å². The van der Waals surface area contributed by atoms with E-state index < -0.39 is 6.04 Å². The summed E-state index contributed by atoms with van der Waals surface area (Å²) in [7, 11) is 0. The number of rotatable bonds is 5. The van der Waals surface area contributed by atoms with Crippen molar-refractivity contribution in [3.05, 3.63) is 35.9 Å². The summed E-state index contributed by atoms with van der Waals surface area (Å²) >= 11 is 0. The molecule has 0 spiro atoms. The van der Waals surface area contributed by atoms with E-state index in [1.807, 2.05) is 31.7 Å². The van der Waals surface area contributed by atoms with Gasteiger partial charge < -0.3 is 10.2 Å². The zero-order valence-electron chi connectivity index (χ0n) is 14.4. The Labute approximate surface area is 139 Å². The van der Waals surface area contributed by atoms with Crippen LogP contribution < -0.4 is 5.32 Å². The van der Waals surface area contributed by atoms with Gasteiger partial charge in [0.15, 0.2) is 0 Å². The highest BCUT2D eigenvalue weighted by Crippen LogP contribution is 2.28. The molecule has 1 saturated heterocycles. The Morgan fingerprint density at radius 2 is 1.78 bits per heavy atom. The van der Waals surface area contributed by atoms with Crippen molar-refractivity contribution in [1.82, 2.24) is 10.2 Å². The van der Waals surface area contributed by atoms with Crippen LogP contribution in [0.2, 0.25) is 0 Å². The van der Waals surface area contributed by atoms with Gasteiger partial charge in [0.1, 0.15) is 6.04 Å². The van der Waals surface area contributed by atoms with Gasteiger partial charge in [-0.3, -0.25) is 9.59 Å². The third-order valence-corrected chi connectivity index (χ3v) is 4.65. The molecule has 2 amide bonds. The Kier molecular flexibility index (Phi) is 6.20. The largest absolute Gasteiger partial charge is 0.344 e. The van der Waals surface area contributed by atoms with Crippen molar-refractivity contribution in [3.63, 3.8) is 0 Å². The first-order valence-corrected chi connectivity index (χ1v) is 8.66. The molecule has 2 rings (SSSR count). The summed E-state index contributed by atoms with van der Waals surface area (Å²) in [5.41, 5.74) is 1.36. The second-order valence-corrected chi connectivity index (χ2v) is 6.65. The number of hydrogen-bond acceptors (Lipinski definition) is 2. The molecule has 1 aliphatic rings. The van der Waals surface area contributed by atoms with Crippen LogP contribution in [0.25, 0.3) is 0 Å². The first kappa shape index (κ1) is 17.5. The number of hydrogen-bond donors (Lipinski definition) is 1. The fourth-order valence-electron chi connectivity index (χ4n) is 3.14. The monoisotopic (exact) mass is 316 g/mol. The highest BCUT2D eigenvalue weighted by molar-refractivity contribution is 5.87. The van der Waals surface area contributed by atoms with E-state index in [2.05, 4.69) is 29.6 Å². The minimum absolute atomic E-state index is 0.0591. The highest BCUT2D eigenvalue weighted by atomic mass is 16.2. The molecule has 0 bridgehead atoms. The maximum absolute atomic E-state index is 12.7. The summed E-state index contributed by atoms with van der Waals surface area (Å²) in [4.78, 5) is 26.3. The van der Waals surface area contributed by atoms with Crippen molar-refractivity contribution in [2.24, 2.45) is 5.92 Å². The molecular formula is C19H28N2O2. The molecule has 23 heavy (non-hydrogen) atoms. The number of carbonyl (C=O) groups excluding carboxylic acids is 2. The zero-order chi connectivity index (χ0) is 16.8. The normalized spacial score (nSPS) is 17.1. The van der Waals surface area contributed by atoms with Gasteiger partial charge in [-0.1, -0.05) is 51.1 Å². The lowest BCUT2D eigenvalue weighted by atomic mass is 9.89. The van der Waals surface area contributed by atoms with Crippen LogP contribution in [0.4, 0.5) is 0 Å². The van der Waals surface area contributed by atoms with Crippen LogP contribution in [0.15, 0.2) is 30.3 Å². The summed E-state index contributed by atoms with van der Waals surface area (Å²) in [6.45, 7) is 7.31. The van der Waals surface area contributed by atoms with Gasteiger partial charge in [-0.15, -0.1) is 0 Å². The maximum atomic E-state index is 12.7. The predicted octanol–water partition coefficient (Wildman–Crippen LogP) is 2.94. The summed E-state index contributed by atoms with van der Waals surface area (Å²) in [6.07, 6.45) is 2.39. The Morgan fingerprint density at radius 1 is 1.17 bits per heavy atom. The van der Waals surface area contributed by atoms with E-state index in [9.17, 15) is 9.59 Å². The molecule has 1 atom stereocenters. The average molecular weight is 316 g/mol. The third kappa shape index (κ3) is 4.57. The van der Waals surface area contributed by atoms with Crippen LogP contribution in [0.3, 0.4) is 0 Å². The van der Waals surface area contributed by atoms with Crippen molar-refractivity contribution in [2.75, 3.05) is 13.1 Å². The van der Waals surface area contributed by atoms with Gasteiger partial charge in [-0.2, -0.15) is 0 Å². The van der Waals surface area contributed by atoms with Crippen molar-refractivity contribution in [3.8, 4) is 0 Å². The van der Waals surface area contributed by atoms with E-state index in [1.165, 1.54) is 5.56 Å². The van der Waals surface area contributed by atoms with Crippen molar-refractivity contribution < 1.29 is 9.59 Å². The first-order chi connectivity index (χ1) is 11.0. The SMILES string of the molecule is CCC(=O)NC(C(=O)N1CCC(c2ccccc2)CC1)C(C)C. The number of nitrogens with zero attached hydrogens (tertiary/aromatic N) is 1. The van der Waals surface area contributed by atoms with Gasteiger partial charge >= 0.3 is 0 Å². The van der Waals surface area contributed by atoms with E-state index in [1.54, 1.807) is 0 Å². The van der Waals surface area contributed by atoms with Crippen LogP contribution >= 0.6 is 0 Å². The van der Waals surface area contributed by atoms with Crippen molar-refractivity contribution in [1.29, 1.82) is 0 Å². The Morgan fingerprint density at radius 3 is 2.30 bits per heavy atom. The summed E-state index contributed by atoms with van der Waals surface area (Å²) < 4.78 is 0. The number of likely N-dealkylation sites (tertiary alicyclic amines) is 1. The molecular weight excluding hydrogens is 288 g/mol. The van der Waals surface area contributed by atoms with Crippen LogP contribution in [0.5, 0.6) is 0 Å². The van der Waals surface area contributed by atoms with Gasteiger partial charge in [0.2, 0.25) is 11.8 Å². The molecule has 1 heterocycles. The van der Waals surface area contributed by atoms with Crippen LogP contribution in [0, 0.1) is 5.92 Å². The van der Waals surface area contributed by atoms with Gasteiger partial charge in [0, 0.05) is 19.5 Å². The maximum Gasteiger partial charge on any atom is 0.245 e. The quantitative estimate of drug-likeness (QED) is 0.908. The Hall–Kier alpha value is -1.84. The van der Waals surface area contributed by atoms with Crippen LogP contribution in [-0.2, 0) is 9.59 Å². The minimum atomic E-state index is -0.407. The smallest absolute Gasteiger partial charge is 0.245 e. The fourth-order valence-corrected chi connectivity index (χ4v) is 3.14. The standard InChI is InChI=1S/C19H28N2O2/c1-4-17(22)20-18(14(2)3)19(23)21-12-10-16(11-13-21)15-8-6-5-7-9-15/h5-9,14,16,18H,4,10-13H2,1-3H3,(H,20,22). The molecule has 0 aromatic heterocycles. The van der Waals surface area contributed by atoms with Gasteiger partial charge in [-0.25, -0.2) is 0 Å². The van der Waals surface area contributed by atoms with E-state index in [0.29, 0.717) is 12.3 Å². The van der Waals surface area contributed by atoms with E-state index in [4.69, 9.17) is 0 Å². The number of carbonyl (C=O) groups is 2. The number of nitrogens with one attached hydrogen (secondary N) is 1. The first-order valence-electron chi connectivity index (χ1n) is 8.66. The van der Waals surface area contributed by atoms with Crippen LogP contribution in [-0.4, -0.2) is 35.8 Å².